The third kappa shape index (κ3) is 2.95. The topological polar surface area (TPSA) is 66.6 Å². The monoisotopic (exact) mass is 228 g/mol. The van der Waals surface area contributed by atoms with Crippen LogP contribution in [0.4, 0.5) is 0 Å². The number of piperidine rings is 1. The molecule has 1 fully saturated rings. The van der Waals surface area contributed by atoms with E-state index in [1.807, 2.05) is 20.8 Å². The molecule has 0 aromatic carbocycles. The van der Waals surface area contributed by atoms with E-state index in [2.05, 4.69) is 0 Å². The van der Waals surface area contributed by atoms with Gasteiger partial charge in [-0.15, -0.1) is 0 Å². The fraction of sp³-hybridized carbons (Fsp3) is 0.917. The summed E-state index contributed by atoms with van der Waals surface area (Å²) in [5.41, 5.74) is 5.93. The summed E-state index contributed by atoms with van der Waals surface area (Å²) >= 11 is 0. The van der Waals surface area contributed by atoms with Gasteiger partial charge in [0.15, 0.2) is 0 Å². The highest BCUT2D eigenvalue weighted by molar-refractivity contribution is 5.82. The van der Waals surface area contributed by atoms with Gasteiger partial charge in [0.2, 0.25) is 5.91 Å². The van der Waals surface area contributed by atoms with E-state index in [0.717, 1.165) is 6.42 Å². The smallest absolute Gasteiger partial charge is 0.239 e. The molecule has 1 aliphatic rings. The number of hydrogen-bond donors (Lipinski definition) is 2. The quantitative estimate of drug-likeness (QED) is 0.743. The summed E-state index contributed by atoms with van der Waals surface area (Å²) in [7, 11) is 0. The first-order valence-corrected chi connectivity index (χ1v) is 6.19. The van der Waals surface area contributed by atoms with Gasteiger partial charge in [0, 0.05) is 13.1 Å². The zero-order valence-corrected chi connectivity index (χ0v) is 10.5. The van der Waals surface area contributed by atoms with E-state index in [1.54, 1.807) is 4.90 Å². The lowest BCUT2D eigenvalue weighted by atomic mass is 9.94. The van der Waals surface area contributed by atoms with Crippen molar-refractivity contribution in [2.45, 2.75) is 45.8 Å². The average Bonchev–Trinajstić information content (AvgIpc) is 2.29. The maximum absolute atomic E-state index is 12.1. The predicted octanol–water partition coefficient (Wildman–Crippen LogP) is 0.589. The number of hydrogen-bond acceptors (Lipinski definition) is 3. The third-order valence-electron chi connectivity index (χ3n) is 3.71. The van der Waals surface area contributed by atoms with E-state index in [9.17, 15) is 9.90 Å². The van der Waals surface area contributed by atoms with Crippen LogP contribution in [0.3, 0.4) is 0 Å². The summed E-state index contributed by atoms with van der Waals surface area (Å²) in [4.78, 5) is 13.9. The second kappa shape index (κ2) is 5.64. The Morgan fingerprint density at radius 2 is 2.25 bits per heavy atom. The largest absolute Gasteiger partial charge is 0.393 e. The van der Waals surface area contributed by atoms with E-state index in [-0.39, 0.29) is 23.8 Å². The fourth-order valence-electron chi connectivity index (χ4n) is 2.04. The van der Waals surface area contributed by atoms with Crippen molar-refractivity contribution in [3.63, 3.8) is 0 Å². The molecule has 0 saturated carbocycles. The molecular weight excluding hydrogens is 204 g/mol. The van der Waals surface area contributed by atoms with Crippen molar-refractivity contribution in [2.24, 2.45) is 17.6 Å². The van der Waals surface area contributed by atoms with Crippen molar-refractivity contribution in [2.75, 3.05) is 13.1 Å². The molecule has 1 rings (SSSR count). The molecule has 94 valence electrons. The Labute approximate surface area is 97.8 Å². The number of carbonyl (C=O) groups excluding carboxylic acids is 1. The fourth-order valence-corrected chi connectivity index (χ4v) is 2.04. The lowest BCUT2D eigenvalue weighted by molar-refractivity contribution is -0.137. The minimum Gasteiger partial charge on any atom is -0.393 e. The number of likely N-dealkylation sites (tertiary alicyclic amines) is 1. The third-order valence-corrected chi connectivity index (χ3v) is 3.71. The average molecular weight is 228 g/mol. The first kappa shape index (κ1) is 13.5. The van der Waals surface area contributed by atoms with Crippen LogP contribution in [-0.4, -0.2) is 41.1 Å². The number of rotatable bonds is 3. The Balaban J connectivity index is 2.55. The van der Waals surface area contributed by atoms with Gasteiger partial charge >= 0.3 is 0 Å². The van der Waals surface area contributed by atoms with Gasteiger partial charge in [0.25, 0.3) is 0 Å². The number of nitrogens with zero attached hydrogens (tertiary/aromatic N) is 1. The minimum atomic E-state index is -0.396. The maximum atomic E-state index is 12.1. The molecule has 1 aliphatic heterocycles. The van der Waals surface area contributed by atoms with Crippen LogP contribution < -0.4 is 5.73 Å². The molecule has 4 nitrogen and oxygen atoms in total. The molecular formula is C12H24N2O2. The SMILES string of the molecule is CCC(C)[C@H](N)C(=O)N1CCC(O)C(C)C1. The Morgan fingerprint density at radius 3 is 2.75 bits per heavy atom. The van der Waals surface area contributed by atoms with Crippen LogP contribution >= 0.6 is 0 Å². The van der Waals surface area contributed by atoms with Crippen LogP contribution in [0.2, 0.25) is 0 Å². The van der Waals surface area contributed by atoms with Crippen LogP contribution in [0.5, 0.6) is 0 Å². The number of aliphatic hydroxyl groups is 1. The molecule has 3 unspecified atom stereocenters. The van der Waals surface area contributed by atoms with Gasteiger partial charge in [-0.05, 0) is 18.3 Å². The first-order valence-electron chi connectivity index (χ1n) is 6.19. The molecule has 0 spiro atoms. The van der Waals surface area contributed by atoms with Crippen molar-refractivity contribution in [3.8, 4) is 0 Å². The summed E-state index contributed by atoms with van der Waals surface area (Å²) in [5, 5.41) is 9.60. The highest BCUT2D eigenvalue weighted by Gasteiger charge is 2.31. The van der Waals surface area contributed by atoms with Crippen LogP contribution in [-0.2, 0) is 4.79 Å². The summed E-state index contributed by atoms with van der Waals surface area (Å²) in [6.07, 6.45) is 1.31. The first-order chi connectivity index (χ1) is 7.47. The van der Waals surface area contributed by atoms with Gasteiger partial charge in [-0.2, -0.15) is 0 Å². The van der Waals surface area contributed by atoms with Crippen molar-refractivity contribution < 1.29 is 9.90 Å². The molecule has 0 bridgehead atoms. The Kier molecular flexibility index (Phi) is 4.74. The number of carbonyl (C=O) groups is 1. The second-order valence-corrected chi connectivity index (χ2v) is 5.03. The molecule has 3 N–H and O–H groups in total. The van der Waals surface area contributed by atoms with Crippen LogP contribution in [0.25, 0.3) is 0 Å². The van der Waals surface area contributed by atoms with E-state index in [0.29, 0.717) is 19.5 Å². The molecule has 0 aromatic rings. The lowest BCUT2D eigenvalue weighted by Gasteiger charge is -2.36. The van der Waals surface area contributed by atoms with Crippen molar-refractivity contribution in [1.29, 1.82) is 0 Å². The normalized spacial score (nSPS) is 29.9. The van der Waals surface area contributed by atoms with Crippen molar-refractivity contribution in [3.05, 3.63) is 0 Å². The number of aliphatic hydroxyl groups excluding tert-OH is 1. The molecule has 1 heterocycles. The molecule has 0 radical (unpaired) electrons. The molecule has 0 aliphatic carbocycles. The standard InChI is InChI=1S/C12H24N2O2/c1-4-8(2)11(13)12(16)14-6-5-10(15)9(3)7-14/h8-11,15H,4-7,13H2,1-3H3/t8?,9?,10?,11-/m0/s1. The summed E-state index contributed by atoms with van der Waals surface area (Å²) in [6, 6.07) is -0.396. The van der Waals surface area contributed by atoms with Gasteiger partial charge in [-0.3, -0.25) is 4.79 Å². The molecule has 4 atom stereocenters. The highest BCUT2D eigenvalue weighted by Crippen LogP contribution is 2.18. The van der Waals surface area contributed by atoms with E-state index in [1.165, 1.54) is 0 Å². The van der Waals surface area contributed by atoms with Crippen LogP contribution in [0, 0.1) is 11.8 Å². The molecule has 4 heteroatoms. The number of amides is 1. The van der Waals surface area contributed by atoms with E-state index in [4.69, 9.17) is 5.73 Å². The Morgan fingerprint density at radius 1 is 1.62 bits per heavy atom. The zero-order chi connectivity index (χ0) is 12.3. The summed E-state index contributed by atoms with van der Waals surface area (Å²) in [5.74, 6) is 0.407. The lowest BCUT2D eigenvalue weighted by Crippen LogP contribution is -2.52. The molecule has 1 saturated heterocycles. The highest BCUT2D eigenvalue weighted by atomic mass is 16.3. The summed E-state index contributed by atoms with van der Waals surface area (Å²) < 4.78 is 0. The van der Waals surface area contributed by atoms with Crippen LogP contribution in [0.1, 0.15) is 33.6 Å². The molecule has 0 aromatic heterocycles. The second-order valence-electron chi connectivity index (χ2n) is 5.03. The predicted molar refractivity (Wildman–Crippen MR) is 63.8 cm³/mol. The van der Waals surface area contributed by atoms with Gasteiger partial charge in [0.1, 0.15) is 0 Å². The zero-order valence-electron chi connectivity index (χ0n) is 10.5. The van der Waals surface area contributed by atoms with Gasteiger partial charge in [-0.25, -0.2) is 0 Å². The molecule has 1 amide bonds. The van der Waals surface area contributed by atoms with E-state index >= 15 is 0 Å². The maximum Gasteiger partial charge on any atom is 0.239 e. The van der Waals surface area contributed by atoms with Crippen LogP contribution in [0.15, 0.2) is 0 Å². The van der Waals surface area contributed by atoms with Crippen molar-refractivity contribution >= 4 is 5.91 Å². The minimum absolute atomic E-state index is 0.0353. The van der Waals surface area contributed by atoms with Gasteiger partial charge in [-0.1, -0.05) is 27.2 Å². The van der Waals surface area contributed by atoms with Crippen molar-refractivity contribution in [1.82, 2.24) is 4.90 Å². The Bertz CT molecular complexity index is 245. The van der Waals surface area contributed by atoms with E-state index < -0.39 is 6.04 Å². The van der Waals surface area contributed by atoms with Gasteiger partial charge in [0.05, 0.1) is 12.1 Å². The number of nitrogens with two attached hydrogens (primary N) is 1. The Hall–Kier alpha value is -0.610. The van der Waals surface area contributed by atoms with Gasteiger partial charge < -0.3 is 15.7 Å². The molecule has 16 heavy (non-hydrogen) atoms. The summed E-state index contributed by atoms with van der Waals surface area (Å²) in [6.45, 7) is 7.28.